The van der Waals surface area contributed by atoms with E-state index in [2.05, 4.69) is 9.97 Å². The molecule has 2 heterocycles. The van der Waals surface area contributed by atoms with E-state index in [0.29, 0.717) is 39.4 Å². The van der Waals surface area contributed by atoms with Crippen LogP contribution in [0.2, 0.25) is 0 Å². The van der Waals surface area contributed by atoms with Crippen LogP contribution < -0.4 is 0 Å². The average molecular weight is 788 g/mol. The summed E-state index contributed by atoms with van der Waals surface area (Å²) < 4.78 is 128. The quantitative estimate of drug-likeness (QED) is 0.0691. The van der Waals surface area contributed by atoms with Crippen molar-refractivity contribution in [3.63, 3.8) is 0 Å². The molecule has 0 fully saturated rings. The molecule has 276 valence electrons. The number of pyridine rings is 2. The van der Waals surface area contributed by atoms with Gasteiger partial charge in [-0.2, -0.15) is 26.3 Å². The van der Waals surface area contributed by atoms with Crippen LogP contribution in [0.3, 0.4) is 0 Å². The summed E-state index contributed by atoms with van der Waals surface area (Å²) in [5.41, 5.74) is -9.56. The van der Waals surface area contributed by atoms with E-state index in [4.69, 9.17) is 35.4 Å². The van der Waals surface area contributed by atoms with Crippen LogP contribution in [0.4, 0.5) is 26.3 Å². The minimum absolute atomic E-state index is 0. The molecule has 2 rings (SSSR count). The van der Waals surface area contributed by atoms with Crippen molar-refractivity contribution in [1.82, 2.24) is 19.8 Å². The molecule has 0 spiro atoms. The van der Waals surface area contributed by atoms with E-state index in [-0.39, 0.29) is 47.6 Å². The van der Waals surface area contributed by atoms with E-state index in [1.54, 1.807) is 26.2 Å². The van der Waals surface area contributed by atoms with E-state index in [0.717, 1.165) is 11.4 Å². The van der Waals surface area contributed by atoms with Crippen molar-refractivity contribution in [3.05, 3.63) is 60.2 Å². The van der Waals surface area contributed by atoms with Gasteiger partial charge in [0.2, 0.25) is 0 Å². The van der Waals surface area contributed by atoms with Crippen molar-refractivity contribution in [2.45, 2.75) is 38.0 Å². The summed E-state index contributed by atoms with van der Waals surface area (Å²) in [4.78, 5) is 36.8. The Bertz CT molecular complexity index is 1300. The first-order chi connectivity index (χ1) is 21.1. The molecule has 0 aromatic carbocycles. The number of alkyl halides is 6. The maximum Gasteiger partial charge on any atom is 2.00 e. The predicted molar refractivity (Wildman–Crippen MR) is 149 cm³/mol. The maximum atomic E-state index is 12.1. The Labute approximate surface area is 282 Å². The molecule has 0 bridgehead atoms. The van der Waals surface area contributed by atoms with Crippen LogP contribution in [-0.2, 0) is 74.9 Å². The van der Waals surface area contributed by atoms with Crippen molar-refractivity contribution in [1.29, 1.82) is 0 Å². The molecule has 0 radical (unpaired) electrons. The number of rotatable bonds is 13. The van der Waals surface area contributed by atoms with Gasteiger partial charge in [0.15, 0.2) is 20.2 Å². The molecule has 15 nitrogen and oxygen atoms in total. The van der Waals surface area contributed by atoms with Gasteiger partial charge in [-0.25, -0.2) is 16.8 Å². The monoisotopic (exact) mass is 787 g/mol. The van der Waals surface area contributed by atoms with Gasteiger partial charge < -0.3 is 24.1 Å². The normalized spacial score (nSPS) is 11.5. The standard InChI is InChI=1S/C22H30N4O4.2CHF3O3S.Fe.H2O/c1-3-29-21(27)17-25(15-19-9-5-7-11-23-19)13-14-26(18-22(28)30-4-2)16-20-10-6-8-12-24-20;2*2-1(3,4)8(5,6)7;;/h5-12H,3-4,13-18H2,1-2H3;2*(H,5,6,7);;1H2/q;;;+2;/p-1. The van der Waals surface area contributed by atoms with Gasteiger partial charge in [-0.1, -0.05) is 12.1 Å². The van der Waals surface area contributed by atoms with Gasteiger partial charge in [0.05, 0.1) is 37.7 Å². The molecule has 0 saturated carbocycles. The maximum absolute atomic E-state index is 12.1. The average Bonchev–Trinajstić information content (AvgIpc) is 2.91. The van der Waals surface area contributed by atoms with Crippen LogP contribution in [0, 0.1) is 0 Å². The second-order valence-electron chi connectivity index (χ2n) is 8.47. The predicted octanol–water partition coefficient (Wildman–Crippen LogP) is 1.09. The second-order valence-corrected chi connectivity index (χ2v) is 11.2. The van der Waals surface area contributed by atoms with E-state index < -0.39 is 31.3 Å². The molecule has 48 heavy (non-hydrogen) atoms. The third kappa shape index (κ3) is 22.6. The number of carbonyl (C=O) groups excluding carboxylic acids is 2. The molecule has 24 heteroatoms. The smallest absolute Gasteiger partial charge is 0.741 e. The van der Waals surface area contributed by atoms with Gasteiger partial charge >= 0.3 is 40.0 Å². The van der Waals surface area contributed by atoms with Gasteiger partial charge in [-0.3, -0.25) is 29.4 Å². The molecule has 2 aromatic rings. The van der Waals surface area contributed by atoms with Gasteiger partial charge in [0.25, 0.3) is 0 Å². The van der Waals surface area contributed by atoms with Crippen LogP contribution in [0.5, 0.6) is 0 Å². The number of ether oxygens (including phenoxy) is 2. The first-order valence-electron chi connectivity index (χ1n) is 12.7. The molecule has 0 aliphatic rings. The fraction of sp³-hybridized carbons (Fsp3) is 0.500. The van der Waals surface area contributed by atoms with E-state index >= 15 is 0 Å². The summed E-state index contributed by atoms with van der Waals surface area (Å²) in [7, 11) is -12.2. The van der Waals surface area contributed by atoms with Gasteiger partial charge in [-0.15, -0.1) is 0 Å². The molecular weight excluding hydrogens is 754 g/mol. The van der Waals surface area contributed by atoms with E-state index in [1.165, 1.54) is 0 Å². The van der Waals surface area contributed by atoms with Crippen LogP contribution >= 0.6 is 0 Å². The largest absolute Gasteiger partial charge is 2.00 e. The summed E-state index contributed by atoms with van der Waals surface area (Å²) in [6, 6.07) is 11.4. The molecule has 0 unspecified atom stereocenters. The summed E-state index contributed by atoms with van der Waals surface area (Å²) in [6.07, 6.45) is 3.46. The fourth-order valence-electron chi connectivity index (χ4n) is 2.93. The summed E-state index contributed by atoms with van der Waals surface area (Å²) in [5.74, 6) is -0.565. The molecule has 0 aliphatic carbocycles. The molecular formula is C24H33F6FeN4O11S2+. The topological polar surface area (TPSA) is 232 Å². The zero-order chi connectivity index (χ0) is 35.6. The molecule has 0 saturated heterocycles. The molecule has 0 amide bonds. The Morgan fingerprint density at radius 3 is 1.21 bits per heavy atom. The summed E-state index contributed by atoms with van der Waals surface area (Å²) >= 11 is 0. The minimum atomic E-state index is -6.09. The Morgan fingerprint density at radius 2 is 1.00 bits per heavy atom. The SMILES string of the molecule is CCOC(=O)CN(CCN(CC(=O)OCC)Cc1ccccn1)Cc1ccccn1.O=S(=O)([O-])C(F)(F)F.O=S(=O)([O-])C(F)(F)F.[Fe+2].[OH3+]. The van der Waals surface area contributed by atoms with Crippen LogP contribution in [-0.4, -0.2) is 108 Å². The Balaban J connectivity index is -0.000000932. The minimum Gasteiger partial charge on any atom is -0.741 e. The van der Waals surface area contributed by atoms with Crippen molar-refractivity contribution in [2.24, 2.45) is 0 Å². The number of carbonyl (C=O) groups is 2. The molecule has 2 aromatic heterocycles. The Hall–Kier alpha value is -2.96. The molecule has 3 N–H and O–H groups in total. The zero-order valence-corrected chi connectivity index (χ0v) is 27.9. The van der Waals surface area contributed by atoms with Crippen molar-refractivity contribution >= 4 is 32.2 Å². The summed E-state index contributed by atoms with van der Waals surface area (Å²) in [5, 5.41) is 0. The van der Waals surface area contributed by atoms with Crippen LogP contribution in [0.1, 0.15) is 25.2 Å². The number of esters is 2. The molecule has 0 atom stereocenters. The van der Waals surface area contributed by atoms with Crippen LogP contribution in [0.25, 0.3) is 0 Å². The van der Waals surface area contributed by atoms with E-state index in [9.17, 15) is 35.9 Å². The van der Waals surface area contributed by atoms with Gasteiger partial charge in [0, 0.05) is 38.6 Å². The third-order valence-corrected chi connectivity index (χ3v) is 5.97. The van der Waals surface area contributed by atoms with Crippen molar-refractivity contribution < 1.29 is 93.9 Å². The van der Waals surface area contributed by atoms with Crippen molar-refractivity contribution in [3.8, 4) is 0 Å². The second kappa shape index (κ2) is 23.4. The number of nitrogens with zero attached hydrogens (tertiary/aromatic N) is 4. The first kappa shape index (κ1) is 49.4. The molecule has 0 aliphatic heterocycles. The first-order valence-corrected chi connectivity index (χ1v) is 15.5. The van der Waals surface area contributed by atoms with E-state index in [1.807, 2.05) is 46.2 Å². The number of halogens is 6. The van der Waals surface area contributed by atoms with Crippen molar-refractivity contribution in [2.75, 3.05) is 39.4 Å². The number of hydrogen-bond acceptors (Lipinski definition) is 14. The zero-order valence-electron chi connectivity index (χ0n) is 25.2. The Morgan fingerprint density at radius 1 is 0.708 bits per heavy atom. The number of hydrogen-bond donors (Lipinski definition) is 0. The fourth-order valence-corrected chi connectivity index (χ4v) is 2.93. The van der Waals surface area contributed by atoms with Crippen LogP contribution in [0.15, 0.2) is 48.8 Å². The summed E-state index contributed by atoms with van der Waals surface area (Å²) in [6.45, 7) is 6.69. The van der Waals surface area contributed by atoms with Gasteiger partial charge in [-0.05, 0) is 38.1 Å². The number of aromatic nitrogens is 2. The van der Waals surface area contributed by atoms with Gasteiger partial charge in [0.1, 0.15) is 0 Å². The Kier molecular flexibility index (Phi) is 24.1. The third-order valence-electron chi connectivity index (χ3n) is 4.84.